The van der Waals surface area contributed by atoms with Gasteiger partial charge in [0.15, 0.2) is 0 Å². The molecule has 3 rings (SSSR count). The van der Waals surface area contributed by atoms with Crippen molar-refractivity contribution in [3.8, 4) is 6.07 Å². The maximum atomic E-state index is 13.5. The lowest BCUT2D eigenvalue weighted by atomic mass is 9.94. The van der Waals surface area contributed by atoms with Crippen LogP contribution in [0.5, 0.6) is 0 Å². The summed E-state index contributed by atoms with van der Waals surface area (Å²) >= 11 is 5.96. The first kappa shape index (κ1) is 17.5. The number of hydrogen-bond donors (Lipinski definition) is 0. The minimum absolute atomic E-state index is 0.0770. The van der Waals surface area contributed by atoms with Crippen LogP contribution >= 0.6 is 11.6 Å². The molecule has 2 aromatic carbocycles. The van der Waals surface area contributed by atoms with Crippen molar-refractivity contribution in [1.82, 2.24) is 9.78 Å². The van der Waals surface area contributed by atoms with Crippen molar-refractivity contribution in [2.75, 3.05) is 0 Å². The largest absolute Gasteiger partial charge is 0.288 e. The number of aryl methyl sites for hydroxylation is 2. The van der Waals surface area contributed by atoms with Gasteiger partial charge in [-0.05, 0) is 25.1 Å². The average molecular weight is 373 g/mol. The van der Waals surface area contributed by atoms with Crippen molar-refractivity contribution in [3.63, 3.8) is 0 Å². The molecule has 0 bridgehead atoms. The molecule has 0 aliphatic heterocycles. The maximum absolute atomic E-state index is 13.5. The minimum atomic E-state index is -0.914. The number of fused-ring (bicyclic) bond motifs is 1. The van der Waals surface area contributed by atoms with Crippen molar-refractivity contribution in [3.05, 3.63) is 67.6 Å². The molecule has 0 radical (unpaired) electrons. The van der Waals surface area contributed by atoms with Crippen molar-refractivity contribution in [1.29, 1.82) is 5.26 Å². The highest BCUT2D eigenvalue weighted by Gasteiger charge is 2.31. The summed E-state index contributed by atoms with van der Waals surface area (Å²) in [5.74, 6) is -1.64. The normalized spacial score (nSPS) is 10.7. The van der Waals surface area contributed by atoms with Crippen LogP contribution in [-0.4, -0.2) is 20.5 Å². The predicted molar refractivity (Wildman–Crippen MR) is 91.7 cm³/mol. The molecule has 1 heterocycles. The Balaban J connectivity index is 2.43. The van der Waals surface area contributed by atoms with E-state index >= 15 is 0 Å². The molecule has 130 valence electrons. The Hall–Kier alpha value is -3.31. The first-order valence-electron chi connectivity index (χ1n) is 7.30. The van der Waals surface area contributed by atoms with E-state index in [2.05, 4.69) is 5.10 Å². The summed E-state index contributed by atoms with van der Waals surface area (Å²) in [6.45, 7) is 1.69. The van der Waals surface area contributed by atoms with Crippen molar-refractivity contribution < 1.29 is 14.1 Å². The third-order valence-corrected chi connectivity index (χ3v) is 4.44. The molecule has 0 aliphatic rings. The van der Waals surface area contributed by atoms with Gasteiger partial charge in [-0.2, -0.15) is 10.4 Å². The number of aromatic nitrogens is 2. The average Bonchev–Trinajstić information content (AvgIpc) is 2.89. The predicted octanol–water partition coefficient (Wildman–Crippen LogP) is 3.69. The highest BCUT2D eigenvalue weighted by molar-refractivity contribution is 6.35. The van der Waals surface area contributed by atoms with E-state index in [1.54, 1.807) is 14.0 Å². The summed E-state index contributed by atoms with van der Waals surface area (Å²) in [5.41, 5.74) is -0.774. The van der Waals surface area contributed by atoms with E-state index in [0.29, 0.717) is 11.1 Å². The molecule has 9 heteroatoms. The molecule has 26 heavy (non-hydrogen) atoms. The molecule has 7 nitrogen and oxygen atoms in total. The van der Waals surface area contributed by atoms with E-state index in [9.17, 15) is 24.6 Å². The zero-order valence-electron chi connectivity index (χ0n) is 13.6. The molecule has 3 aromatic rings. The summed E-state index contributed by atoms with van der Waals surface area (Å²) < 4.78 is 15.0. The molecule has 0 N–H and O–H groups in total. The summed E-state index contributed by atoms with van der Waals surface area (Å²) in [6.07, 6.45) is 0. The van der Waals surface area contributed by atoms with E-state index in [0.717, 1.165) is 12.1 Å². The number of nitriles is 1. The van der Waals surface area contributed by atoms with Gasteiger partial charge in [0, 0.05) is 29.8 Å². The third kappa shape index (κ3) is 2.59. The fraction of sp³-hybridized carbons (Fsp3) is 0.118. The number of hydrogen-bond acceptors (Lipinski definition) is 5. The van der Waals surface area contributed by atoms with E-state index in [-0.39, 0.29) is 21.7 Å². The Kier molecular flexibility index (Phi) is 4.18. The summed E-state index contributed by atoms with van der Waals surface area (Å²) in [4.78, 5) is 23.7. The summed E-state index contributed by atoms with van der Waals surface area (Å²) in [5, 5.41) is 25.6. The number of nitro benzene ring substituents is 1. The number of ketones is 1. The van der Waals surface area contributed by atoms with Crippen molar-refractivity contribution in [2.45, 2.75) is 6.92 Å². The SMILES string of the molecule is Cc1c2cc([N+](=O)[O-])c(C(=O)c3cc(F)ccc3Cl)c(C#N)c2nn1C. The van der Waals surface area contributed by atoms with Crippen LogP contribution in [0.1, 0.15) is 27.2 Å². The fourth-order valence-corrected chi connectivity index (χ4v) is 2.93. The van der Waals surface area contributed by atoms with Gasteiger partial charge in [0.1, 0.15) is 23.0 Å². The number of carbonyl (C=O) groups excluding carboxylic acids is 1. The smallest absolute Gasteiger partial charge is 0.282 e. The number of rotatable bonds is 3. The molecule has 0 amide bonds. The Morgan fingerprint density at radius 2 is 2.12 bits per heavy atom. The first-order valence-corrected chi connectivity index (χ1v) is 7.68. The van der Waals surface area contributed by atoms with Gasteiger partial charge in [-0.3, -0.25) is 19.6 Å². The van der Waals surface area contributed by atoms with Gasteiger partial charge in [-0.15, -0.1) is 0 Å². The molecular weight excluding hydrogens is 363 g/mol. The highest BCUT2D eigenvalue weighted by atomic mass is 35.5. The summed E-state index contributed by atoms with van der Waals surface area (Å²) in [6, 6.07) is 6.12. The van der Waals surface area contributed by atoms with Crippen LogP contribution in [-0.2, 0) is 7.05 Å². The molecule has 0 fully saturated rings. The lowest BCUT2D eigenvalue weighted by Gasteiger charge is -2.07. The van der Waals surface area contributed by atoms with Crippen LogP contribution in [0.4, 0.5) is 10.1 Å². The van der Waals surface area contributed by atoms with Gasteiger partial charge < -0.3 is 0 Å². The second-order valence-electron chi connectivity index (χ2n) is 5.57. The van der Waals surface area contributed by atoms with Gasteiger partial charge in [-0.25, -0.2) is 4.39 Å². The molecule has 1 aromatic heterocycles. The van der Waals surface area contributed by atoms with Crippen LogP contribution in [0.15, 0.2) is 24.3 Å². The second-order valence-corrected chi connectivity index (χ2v) is 5.98. The van der Waals surface area contributed by atoms with Crippen LogP contribution in [0.3, 0.4) is 0 Å². The lowest BCUT2D eigenvalue weighted by Crippen LogP contribution is -2.10. The molecule has 0 atom stereocenters. The van der Waals surface area contributed by atoms with E-state index < -0.39 is 27.8 Å². The lowest BCUT2D eigenvalue weighted by molar-refractivity contribution is -0.385. The van der Waals surface area contributed by atoms with Crippen LogP contribution in [0.2, 0.25) is 5.02 Å². The quantitative estimate of drug-likeness (QED) is 0.396. The van der Waals surface area contributed by atoms with Crippen LogP contribution in [0.25, 0.3) is 10.9 Å². The van der Waals surface area contributed by atoms with Gasteiger partial charge in [0.25, 0.3) is 5.69 Å². The molecule has 0 spiro atoms. The Morgan fingerprint density at radius 1 is 1.42 bits per heavy atom. The zero-order chi connectivity index (χ0) is 19.2. The minimum Gasteiger partial charge on any atom is -0.288 e. The van der Waals surface area contributed by atoms with Gasteiger partial charge in [0.05, 0.1) is 15.5 Å². The monoisotopic (exact) mass is 372 g/mol. The van der Waals surface area contributed by atoms with E-state index in [1.807, 2.05) is 6.07 Å². The Labute approximate surface area is 151 Å². The van der Waals surface area contributed by atoms with Crippen molar-refractivity contribution in [2.24, 2.45) is 7.05 Å². The fourth-order valence-electron chi connectivity index (χ4n) is 2.73. The number of halogens is 2. The Bertz CT molecular complexity index is 1150. The van der Waals surface area contributed by atoms with Gasteiger partial charge >= 0.3 is 0 Å². The number of nitrogens with zero attached hydrogens (tertiary/aromatic N) is 4. The maximum Gasteiger partial charge on any atom is 0.282 e. The molecule has 0 saturated carbocycles. The molecule has 0 saturated heterocycles. The van der Waals surface area contributed by atoms with Crippen LogP contribution < -0.4 is 0 Å². The molecular formula is C17H10ClFN4O3. The number of carbonyl (C=O) groups is 1. The third-order valence-electron chi connectivity index (χ3n) is 4.11. The number of benzene rings is 2. The van der Waals surface area contributed by atoms with E-state index in [4.69, 9.17) is 11.6 Å². The Morgan fingerprint density at radius 3 is 2.73 bits per heavy atom. The zero-order valence-corrected chi connectivity index (χ0v) is 14.3. The van der Waals surface area contributed by atoms with Gasteiger partial charge in [0.2, 0.25) is 5.78 Å². The van der Waals surface area contributed by atoms with Gasteiger partial charge in [-0.1, -0.05) is 11.6 Å². The topological polar surface area (TPSA) is 102 Å². The second kappa shape index (κ2) is 6.20. The van der Waals surface area contributed by atoms with Crippen LogP contribution in [0, 0.1) is 34.2 Å². The highest BCUT2D eigenvalue weighted by Crippen LogP contribution is 2.34. The number of nitro groups is 1. The summed E-state index contributed by atoms with van der Waals surface area (Å²) in [7, 11) is 1.62. The first-order chi connectivity index (χ1) is 12.3. The van der Waals surface area contributed by atoms with E-state index in [1.165, 1.54) is 16.8 Å². The van der Waals surface area contributed by atoms with Crippen molar-refractivity contribution >= 4 is 34.0 Å². The molecule has 0 aliphatic carbocycles. The molecule has 0 unspecified atom stereocenters. The standard InChI is InChI=1S/C17H10ClFN4O3/c1-8-10-6-14(23(25)26)15(12(7-20)16(10)21-22(8)2)17(24)11-5-9(19)3-4-13(11)18/h3-6H,1-2H3.